The molecule has 2 unspecified atom stereocenters. The van der Waals surface area contributed by atoms with Crippen molar-refractivity contribution in [1.82, 2.24) is 10.2 Å². The Kier molecular flexibility index (Phi) is 8.66. The van der Waals surface area contributed by atoms with Crippen molar-refractivity contribution in [2.24, 2.45) is 4.99 Å². The molecule has 4 nitrogen and oxygen atoms in total. The first-order chi connectivity index (χ1) is 12.2. The molecule has 1 aliphatic rings. The molecule has 26 heavy (non-hydrogen) atoms. The highest BCUT2D eigenvalue weighted by molar-refractivity contribution is 14.0. The van der Waals surface area contributed by atoms with Gasteiger partial charge in [-0.05, 0) is 31.0 Å². The summed E-state index contributed by atoms with van der Waals surface area (Å²) in [5.74, 6) is 1.41. The fourth-order valence-corrected chi connectivity index (χ4v) is 4.18. The molecule has 0 saturated carbocycles. The predicted octanol–water partition coefficient (Wildman–Crippen LogP) is 4.51. The molecule has 2 atom stereocenters. The van der Waals surface area contributed by atoms with Crippen LogP contribution in [0.1, 0.15) is 35.8 Å². The van der Waals surface area contributed by atoms with Crippen LogP contribution in [0, 0.1) is 0 Å². The lowest BCUT2D eigenvalue weighted by molar-refractivity contribution is 0.190. The molecule has 0 bridgehead atoms. The largest absolute Gasteiger partial charge is 0.386 e. The average molecular weight is 506 g/mol. The van der Waals surface area contributed by atoms with E-state index < -0.39 is 6.10 Å². The number of benzene rings is 1. The molecule has 0 amide bonds. The zero-order chi connectivity index (χ0) is 17.6. The van der Waals surface area contributed by atoms with E-state index in [9.17, 15) is 5.11 Å². The summed E-state index contributed by atoms with van der Waals surface area (Å²) in [6.07, 6.45) is 0.510. The number of halogens is 2. The van der Waals surface area contributed by atoms with Gasteiger partial charge < -0.3 is 15.3 Å². The van der Waals surface area contributed by atoms with Crippen LogP contribution in [-0.2, 0) is 0 Å². The summed E-state index contributed by atoms with van der Waals surface area (Å²) in [6.45, 7) is 5.15. The number of aliphatic imine (C=N–C) groups is 1. The maximum atomic E-state index is 10.3. The Bertz CT molecular complexity index is 710. The summed E-state index contributed by atoms with van der Waals surface area (Å²) in [4.78, 5) is 7.80. The Balaban J connectivity index is 0.00000243. The molecule has 1 saturated heterocycles. The Morgan fingerprint density at radius 2 is 2.12 bits per heavy atom. The highest BCUT2D eigenvalue weighted by atomic mass is 127. The number of likely N-dealkylation sites (tertiary alicyclic amines) is 1. The zero-order valence-corrected chi connectivity index (χ0v) is 18.7. The lowest BCUT2D eigenvalue weighted by Crippen LogP contribution is -2.40. The maximum Gasteiger partial charge on any atom is 0.194 e. The molecule has 2 N–H and O–H groups in total. The number of rotatable bonds is 5. The van der Waals surface area contributed by atoms with Crippen LogP contribution in [0.2, 0.25) is 4.34 Å². The first kappa shape index (κ1) is 21.5. The van der Waals surface area contributed by atoms with Crippen LogP contribution in [0.3, 0.4) is 0 Å². The van der Waals surface area contributed by atoms with Crippen LogP contribution in [0.5, 0.6) is 0 Å². The Morgan fingerprint density at radius 3 is 2.77 bits per heavy atom. The topological polar surface area (TPSA) is 47.9 Å². The Morgan fingerprint density at radius 1 is 1.35 bits per heavy atom. The highest BCUT2D eigenvalue weighted by Gasteiger charge is 2.26. The van der Waals surface area contributed by atoms with Gasteiger partial charge in [-0.25, -0.2) is 0 Å². The maximum absolute atomic E-state index is 10.3. The predicted molar refractivity (Wildman–Crippen MR) is 121 cm³/mol. The van der Waals surface area contributed by atoms with E-state index in [4.69, 9.17) is 11.6 Å². The summed E-state index contributed by atoms with van der Waals surface area (Å²) in [7, 11) is 0. The average Bonchev–Trinajstić information content (AvgIpc) is 3.28. The highest BCUT2D eigenvalue weighted by Crippen LogP contribution is 2.28. The monoisotopic (exact) mass is 505 g/mol. The van der Waals surface area contributed by atoms with E-state index in [1.165, 1.54) is 16.9 Å². The minimum Gasteiger partial charge on any atom is -0.386 e. The van der Waals surface area contributed by atoms with Gasteiger partial charge >= 0.3 is 0 Å². The number of guanidine groups is 1. The van der Waals surface area contributed by atoms with Gasteiger partial charge in [0.25, 0.3) is 0 Å². The minimum absolute atomic E-state index is 0. The van der Waals surface area contributed by atoms with Crippen LogP contribution in [0.15, 0.2) is 47.5 Å². The summed E-state index contributed by atoms with van der Waals surface area (Å²) in [5.41, 5.74) is 1.38. The SMILES string of the molecule is CCNC(=NCC(O)c1ccc(Cl)s1)N1CCC(c2ccccc2)C1.I. The molecule has 2 heterocycles. The van der Waals surface area contributed by atoms with Gasteiger partial charge in [-0.15, -0.1) is 35.3 Å². The number of thiophene rings is 1. The number of aliphatic hydroxyl groups is 1. The fourth-order valence-electron chi connectivity index (χ4n) is 3.15. The quantitative estimate of drug-likeness (QED) is 0.357. The number of aliphatic hydroxyl groups excluding tert-OH is 1. The van der Waals surface area contributed by atoms with Crippen molar-refractivity contribution in [3.63, 3.8) is 0 Å². The zero-order valence-electron chi connectivity index (χ0n) is 14.8. The molecule has 1 aliphatic heterocycles. The van der Waals surface area contributed by atoms with E-state index >= 15 is 0 Å². The Labute approximate surface area is 181 Å². The third kappa shape index (κ3) is 5.58. The molecule has 0 aliphatic carbocycles. The summed E-state index contributed by atoms with van der Waals surface area (Å²) < 4.78 is 0.690. The molecule has 0 spiro atoms. The summed E-state index contributed by atoms with van der Waals surface area (Å²) >= 11 is 7.35. The number of hydrogen-bond acceptors (Lipinski definition) is 3. The number of hydrogen-bond donors (Lipinski definition) is 2. The minimum atomic E-state index is -0.612. The van der Waals surface area contributed by atoms with Gasteiger partial charge in [0.2, 0.25) is 0 Å². The van der Waals surface area contributed by atoms with E-state index in [1.807, 2.05) is 12.1 Å². The van der Waals surface area contributed by atoms with E-state index in [0.717, 1.165) is 36.9 Å². The third-order valence-electron chi connectivity index (χ3n) is 4.43. The van der Waals surface area contributed by atoms with E-state index in [-0.39, 0.29) is 24.0 Å². The number of nitrogens with one attached hydrogen (secondary N) is 1. The van der Waals surface area contributed by atoms with Crippen molar-refractivity contribution in [1.29, 1.82) is 0 Å². The van der Waals surface area contributed by atoms with Gasteiger partial charge in [0.1, 0.15) is 6.10 Å². The van der Waals surface area contributed by atoms with E-state index in [1.54, 1.807) is 0 Å². The van der Waals surface area contributed by atoms with Crippen LogP contribution >= 0.6 is 46.9 Å². The van der Waals surface area contributed by atoms with Gasteiger partial charge in [0.15, 0.2) is 5.96 Å². The van der Waals surface area contributed by atoms with Crippen molar-refractivity contribution in [2.75, 3.05) is 26.2 Å². The van der Waals surface area contributed by atoms with E-state index in [0.29, 0.717) is 16.8 Å². The standard InChI is InChI=1S/C19H24ClN3OS.HI/c1-2-21-19(22-12-16(24)17-8-9-18(20)25-17)23-11-10-15(13-23)14-6-4-3-5-7-14;/h3-9,15-16,24H,2,10-13H2,1H3,(H,21,22);1H. The molecule has 1 aromatic carbocycles. The third-order valence-corrected chi connectivity index (χ3v) is 5.76. The van der Waals surface area contributed by atoms with E-state index in [2.05, 4.69) is 52.5 Å². The second kappa shape index (κ2) is 10.5. The van der Waals surface area contributed by atoms with Crippen LogP contribution < -0.4 is 5.32 Å². The molecule has 2 aromatic rings. The molecular weight excluding hydrogens is 481 g/mol. The van der Waals surface area contributed by atoms with Crippen LogP contribution in [0.4, 0.5) is 0 Å². The molecule has 1 fully saturated rings. The second-order valence-electron chi connectivity index (χ2n) is 6.19. The van der Waals surface area contributed by atoms with Gasteiger partial charge in [0.05, 0.1) is 10.9 Å². The number of nitrogens with zero attached hydrogens (tertiary/aromatic N) is 2. The second-order valence-corrected chi connectivity index (χ2v) is 7.94. The summed E-state index contributed by atoms with van der Waals surface area (Å²) in [6, 6.07) is 14.3. The van der Waals surface area contributed by atoms with Gasteiger partial charge in [-0.3, -0.25) is 4.99 Å². The smallest absolute Gasteiger partial charge is 0.194 e. The van der Waals surface area contributed by atoms with Crippen LogP contribution in [0.25, 0.3) is 0 Å². The Hall–Kier alpha value is -0.830. The summed E-state index contributed by atoms with van der Waals surface area (Å²) in [5, 5.41) is 13.7. The first-order valence-corrected chi connectivity index (χ1v) is 9.88. The molecule has 0 radical (unpaired) electrons. The van der Waals surface area contributed by atoms with Crippen molar-refractivity contribution in [3.05, 3.63) is 57.2 Å². The molecule has 142 valence electrons. The van der Waals surface area contributed by atoms with Crippen molar-refractivity contribution in [3.8, 4) is 0 Å². The molecule has 3 rings (SSSR count). The lowest BCUT2D eigenvalue weighted by Gasteiger charge is -2.22. The van der Waals surface area contributed by atoms with Crippen molar-refractivity contribution >= 4 is 52.9 Å². The molecular formula is C19H25ClIN3OS. The van der Waals surface area contributed by atoms with Gasteiger partial charge in [-0.1, -0.05) is 41.9 Å². The van der Waals surface area contributed by atoms with Gasteiger partial charge in [0, 0.05) is 30.4 Å². The normalized spacial score (nSPS) is 18.5. The molecule has 1 aromatic heterocycles. The molecule has 7 heteroatoms. The lowest BCUT2D eigenvalue weighted by atomic mass is 9.99. The fraction of sp³-hybridized carbons (Fsp3) is 0.421. The first-order valence-electron chi connectivity index (χ1n) is 8.69. The van der Waals surface area contributed by atoms with Crippen molar-refractivity contribution < 1.29 is 5.11 Å². The van der Waals surface area contributed by atoms with Crippen molar-refractivity contribution in [2.45, 2.75) is 25.4 Å². The van der Waals surface area contributed by atoms with Crippen LogP contribution in [-0.4, -0.2) is 42.1 Å². The van der Waals surface area contributed by atoms with Gasteiger partial charge in [-0.2, -0.15) is 0 Å².